The second-order valence-corrected chi connectivity index (χ2v) is 9.29. The maximum atomic E-state index is 13.4. The molecule has 0 saturated heterocycles. The Morgan fingerprint density at radius 1 is 0.821 bits per heavy atom. The van der Waals surface area contributed by atoms with E-state index in [1.54, 1.807) is 35.2 Å². The number of hydrogen-bond acceptors (Lipinski definition) is 4. The lowest BCUT2D eigenvalue weighted by atomic mass is 10.1. The quantitative estimate of drug-likeness (QED) is 0.233. The average Bonchev–Trinajstić information content (AvgIpc) is 2.86. The first-order valence-corrected chi connectivity index (χ1v) is 12.0. The van der Waals surface area contributed by atoms with Crippen LogP contribution in [0.1, 0.15) is 30.5 Å². The number of nitrogens with zero attached hydrogens (tertiary/aromatic N) is 1. The number of anilines is 1. The van der Waals surface area contributed by atoms with Crippen LogP contribution in [0.4, 0.5) is 36.4 Å². The zero-order valence-electron chi connectivity index (χ0n) is 21.1. The van der Waals surface area contributed by atoms with E-state index in [1.165, 1.54) is 24.3 Å². The predicted octanol–water partition coefficient (Wildman–Crippen LogP) is 7.54. The number of alkyl halides is 7. The molecule has 0 heterocycles. The van der Waals surface area contributed by atoms with E-state index in [0.29, 0.717) is 22.6 Å². The number of aliphatic hydroxyl groups excluding tert-OH is 1. The molecule has 3 aromatic carbocycles. The maximum Gasteiger partial charge on any atom is 0.461 e. The molecule has 3 rings (SSSR count). The van der Waals surface area contributed by atoms with Crippen LogP contribution in [0.2, 0.25) is 0 Å². The number of benzene rings is 3. The van der Waals surface area contributed by atoms with Crippen molar-refractivity contribution in [3.05, 3.63) is 89.5 Å². The monoisotopic (exact) mass is 559 g/mol. The van der Waals surface area contributed by atoms with Crippen LogP contribution in [0, 0.1) is 5.92 Å². The molecule has 3 aromatic rings. The van der Waals surface area contributed by atoms with Crippen molar-refractivity contribution >= 4 is 5.69 Å². The second-order valence-electron chi connectivity index (χ2n) is 9.29. The van der Waals surface area contributed by atoms with Gasteiger partial charge in [-0.2, -0.15) is 30.7 Å². The van der Waals surface area contributed by atoms with Crippen molar-refractivity contribution in [2.45, 2.75) is 51.8 Å². The molecule has 212 valence electrons. The fourth-order valence-electron chi connectivity index (χ4n) is 3.60. The number of rotatable bonds is 12. The van der Waals surface area contributed by atoms with Gasteiger partial charge in [0.05, 0.1) is 11.7 Å². The maximum absolute atomic E-state index is 13.4. The standard InChI is InChI=1S/C28H28F7NO3/c1-18(2)25(37)16-36(15-19-6-4-11-24(13-19)39-28(34,35)26(29)30)22-9-5-10-23(14-22)38-17-20-7-3-8-21(12-20)27(31,32)33/h3-14,18,25-26,37H,15-17H2,1-2H3. The van der Waals surface area contributed by atoms with E-state index in [-0.39, 0.29) is 25.6 Å². The SMILES string of the molecule is CC(C)C(O)CN(Cc1cccc(OC(F)(F)C(F)F)c1)c1cccc(OCc2cccc(C(F)(F)F)c2)c1. The van der Waals surface area contributed by atoms with Crippen LogP contribution in [0.25, 0.3) is 0 Å². The Morgan fingerprint density at radius 2 is 1.46 bits per heavy atom. The zero-order valence-corrected chi connectivity index (χ0v) is 21.1. The van der Waals surface area contributed by atoms with Crippen LogP contribution in [-0.2, 0) is 19.3 Å². The fraction of sp³-hybridized carbons (Fsp3) is 0.357. The molecule has 0 bridgehead atoms. The number of hydrogen-bond donors (Lipinski definition) is 1. The Bertz CT molecular complexity index is 1220. The van der Waals surface area contributed by atoms with E-state index in [4.69, 9.17) is 4.74 Å². The van der Waals surface area contributed by atoms with Gasteiger partial charge in [-0.1, -0.05) is 44.2 Å². The predicted molar refractivity (Wildman–Crippen MR) is 132 cm³/mol. The van der Waals surface area contributed by atoms with Crippen LogP contribution < -0.4 is 14.4 Å². The first-order valence-electron chi connectivity index (χ1n) is 12.0. The van der Waals surface area contributed by atoms with E-state index < -0.39 is 36.1 Å². The minimum Gasteiger partial charge on any atom is -0.489 e. The summed E-state index contributed by atoms with van der Waals surface area (Å²) in [5.41, 5.74) is 0.549. The van der Waals surface area contributed by atoms with Crippen LogP contribution in [0.5, 0.6) is 11.5 Å². The van der Waals surface area contributed by atoms with Gasteiger partial charge in [-0.25, -0.2) is 0 Å². The van der Waals surface area contributed by atoms with Crippen molar-refractivity contribution in [2.75, 3.05) is 11.4 Å². The first-order chi connectivity index (χ1) is 18.2. The smallest absolute Gasteiger partial charge is 0.461 e. The Labute approximate surface area is 221 Å². The first kappa shape index (κ1) is 30.1. The second kappa shape index (κ2) is 12.6. The summed E-state index contributed by atoms with van der Waals surface area (Å²) in [5.74, 6) is -0.213. The molecule has 0 fully saturated rings. The molecule has 0 saturated carbocycles. The molecule has 0 amide bonds. The molecule has 1 N–H and O–H groups in total. The molecule has 0 spiro atoms. The van der Waals surface area contributed by atoms with Crippen LogP contribution >= 0.6 is 0 Å². The van der Waals surface area contributed by atoms with Crippen molar-refractivity contribution in [3.63, 3.8) is 0 Å². The molecule has 11 heteroatoms. The van der Waals surface area contributed by atoms with Crippen LogP contribution in [-0.4, -0.2) is 30.3 Å². The van der Waals surface area contributed by atoms with Crippen LogP contribution in [0.3, 0.4) is 0 Å². The highest BCUT2D eigenvalue weighted by molar-refractivity contribution is 5.51. The average molecular weight is 560 g/mol. The summed E-state index contributed by atoms with van der Waals surface area (Å²) >= 11 is 0. The molecule has 0 aliphatic carbocycles. The van der Waals surface area contributed by atoms with Gasteiger partial charge in [-0.3, -0.25) is 0 Å². The molecule has 1 unspecified atom stereocenters. The summed E-state index contributed by atoms with van der Waals surface area (Å²) < 4.78 is 101. The Kier molecular flexibility index (Phi) is 9.71. The Hall–Kier alpha value is -3.47. The molecule has 0 radical (unpaired) electrons. The third-order valence-corrected chi connectivity index (χ3v) is 5.80. The van der Waals surface area contributed by atoms with Gasteiger partial charge < -0.3 is 19.5 Å². The fourth-order valence-corrected chi connectivity index (χ4v) is 3.60. The van der Waals surface area contributed by atoms with Crippen molar-refractivity contribution in [3.8, 4) is 11.5 Å². The van der Waals surface area contributed by atoms with Gasteiger partial charge in [-0.05, 0) is 53.4 Å². The van der Waals surface area contributed by atoms with Gasteiger partial charge >= 0.3 is 18.7 Å². The lowest BCUT2D eigenvalue weighted by molar-refractivity contribution is -0.253. The largest absolute Gasteiger partial charge is 0.489 e. The van der Waals surface area contributed by atoms with E-state index in [9.17, 15) is 35.8 Å². The van der Waals surface area contributed by atoms with E-state index in [2.05, 4.69) is 4.74 Å². The van der Waals surface area contributed by atoms with Gasteiger partial charge in [0.15, 0.2) is 0 Å². The van der Waals surface area contributed by atoms with E-state index in [0.717, 1.165) is 18.2 Å². The van der Waals surface area contributed by atoms with Crippen molar-refractivity contribution in [1.82, 2.24) is 0 Å². The zero-order chi connectivity index (χ0) is 28.8. The molecule has 0 aliphatic rings. The highest BCUT2D eigenvalue weighted by Crippen LogP contribution is 2.31. The van der Waals surface area contributed by atoms with Crippen molar-refractivity contribution < 1.29 is 45.3 Å². The van der Waals surface area contributed by atoms with Crippen molar-refractivity contribution in [2.24, 2.45) is 5.92 Å². The molecule has 39 heavy (non-hydrogen) atoms. The Morgan fingerprint density at radius 3 is 2.13 bits per heavy atom. The highest BCUT2D eigenvalue weighted by atomic mass is 19.4. The van der Waals surface area contributed by atoms with Gasteiger partial charge in [0.25, 0.3) is 0 Å². The third kappa shape index (κ3) is 8.77. The van der Waals surface area contributed by atoms with E-state index in [1.807, 2.05) is 13.8 Å². The molecule has 1 atom stereocenters. The normalized spacial score (nSPS) is 13.0. The van der Waals surface area contributed by atoms with Gasteiger partial charge in [-0.15, -0.1) is 0 Å². The summed E-state index contributed by atoms with van der Waals surface area (Å²) in [4.78, 5) is 1.74. The summed E-state index contributed by atoms with van der Waals surface area (Å²) in [7, 11) is 0. The molecule has 0 aliphatic heterocycles. The number of ether oxygens (including phenoxy) is 2. The highest BCUT2D eigenvalue weighted by Gasteiger charge is 2.44. The van der Waals surface area contributed by atoms with Crippen LogP contribution in [0.15, 0.2) is 72.8 Å². The number of halogens is 7. The summed E-state index contributed by atoms with van der Waals surface area (Å²) in [6.07, 6.45) is -13.9. The summed E-state index contributed by atoms with van der Waals surface area (Å²) in [6, 6.07) is 16.7. The Balaban J connectivity index is 1.81. The van der Waals surface area contributed by atoms with Gasteiger partial charge in [0.1, 0.15) is 18.1 Å². The number of aliphatic hydroxyl groups is 1. The molecular weight excluding hydrogens is 531 g/mol. The minimum atomic E-state index is -4.66. The molecule has 0 aromatic heterocycles. The third-order valence-electron chi connectivity index (χ3n) is 5.80. The minimum absolute atomic E-state index is 0.0955. The van der Waals surface area contributed by atoms with E-state index >= 15 is 0 Å². The lowest BCUT2D eigenvalue weighted by Crippen LogP contribution is -2.35. The molecule has 4 nitrogen and oxygen atoms in total. The summed E-state index contributed by atoms with van der Waals surface area (Å²) in [5, 5.41) is 10.5. The van der Waals surface area contributed by atoms with Gasteiger partial charge in [0, 0.05) is 24.8 Å². The lowest BCUT2D eigenvalue weighted by Gasteiger charge is -2.29. The molecular formula is C28H28F7NO3. The summed E-state index contributed by atoms with van der Waals surface area (Å²) in [6.45, 7) is 3.74. The topological polar surface area (TPSA) is 41.9 Å². The van der Waals surface area contributed by atoms with Crippen molar-refractivity contribution in [1.29, 1.82) is 0 Å². The van der Waals surface area contributed by atoms with Gasteiger partial charge in [0.2, 0.25) is 0 Å².